The molecule has 1 aromatic carbocycles. The van der Waals surface area contributed by atoms with E-state index in [1.165, 1.54) is 11.1 Å². The lowest BCUT2D eigenvalue weighted by Crippen LogP contribution is -2.23. The van der Waals surface area contributed by atoms with Crippen LogP contribution in [0.15, 0.2) is 30.7 Å². The van der Waals surface area contributed by atoms with Crippen LogP contribution in [-0.2, 0) is 0 Å². The number of rotatable bonds is 5. The van der Waals surface area contributed by atoms with Crippen molar-refractivity contribution in [1.82, 2.24) is 15.3 Å². The van der Waals surface area contributed by atoms with Gasteiger partial charge < -0.3 is 10.1 Å². The quantitative estimate of drug-likeness (QED) is 0.908. The number of benzene rings is 1. The van der Waals surface area contributed by atoms with Gasteiger partial charge in [-0.3, -0.25) is 0 Å². The topological polar surface area (TPSA) is 47.0 Å². The Hall–Kier alpha value is -1.94. The fraction of sp³-hybridized carbons (Fsp3) is 0.375. The van der Waals surface area contributed by atoms with Gasteiger partial charge in [-0.2, -0.15) is 0 Å². The average molecular weight is 271 g/mol. The SMILES string of the molecule is CCNC(c1ccncn1)c1ccc(C)c(C)c1OC. The van der Waals surface area contributed by atoms with Crippen LogP contribution in [0.2, 0.25) is 0 Å². The maximum Gasteiger partial charge on any atom is 0.127 e. The number of hydrogen-bond acceptors (Lipinski definition) is 4. The highest BCUT2D eigenvalue weighted by Gasteiger charge is 2.20. The zero-order chi connectivity index (χ0) is 14.5. The molecule has 1 aromatic heterocycles. The third-order valence-corrected chi connectivity index (χ3v) is 3.53. The van der Waals surface area contributed by atoms with Crippen LogP contribution in [0.4, 0.5) is 0 Å². The number of aromatic nitrogens is 2. The molecule has 2 rings (SSSR count). The van der Waals surface area contributed by atoms with Crippen molar-refractivity contribution < 1.29 is 4.74 Å². The Balaban J connectivity index is 2.53. The smallest absolute Gasteiger partial charge is 0.127 e. The second kappa shape index (κ2) is 6.48. The molecule has 1 N–H and O–H groups in total. The molecule has 0 spiro atoms. The number of methoxy groups -OCH3 is 1. The Morgan fingerprint density at radius 3 is 2.65 bits per heavy atom. The molecule has 4 heteroatoms. The van der Waals surface area contributed by atoms with Crippen LogP contribution >= 0.6 is 0 Å². The summed E-state index contributed by atoms with van der Waals surface area (Å²) in [5, 5.41) is 3.47. The summed E-state index contributed by atoms with van der Waals surface area (Å²) in [6.07, 6.45) is 3.34. The standard InChI is InChI=1S/C16H21N3O/c1-5-18-15(14-8-9-17-10-19-14)13-7-6-11(2)12(3)16(13)20-4/h6-10,15,18H,5H2,1-4H3. The zero-order valence-electron chi connectivity index (χ0n) is 12.5. The number of nitrogens with one attached hydrogen (secondary N) is 1. The largest absolute Gasteiger partial charge is 0.496 e. The third kappa shape index (κ3) is 2.80. The molecule has 1 atom stereocenters. The van der Waals surface area contributed by atoms with E-state index < -0.39 is 0 Å². The van der Waals surface area contributed by atoms with Gasteiger partial charge in [-0.15, -0.1) is 0 Å². The van der Waals surface area contributed by atoms with Gasteiger partial charge in [0.1, 0.15) is 12.1 Å². The highest BCUT2D eigenvalue weighted by molar-refractivity contribution is 5.48. The maximum atomic E-state index is 5.62. The molecule has 0 fully saturated rings. The van der Waals surface area contributed by atoms with Crippen LogP contribution in [0.25, 0.3) is 0 Å². The van der Waals surface area contributed by atoms with Gasteiger partial charge in [0.25, 0.3) is 0 Å². The van der Waals surface area contributed by atoms with Crippen molar-refractivity contribution >= 4 is 0 Å². The summed E-state index contributed by atoms with van der Waals surface area (Å²) in [5.74, 6) is 0.926. The van der Waals surface area contributed by atoms with Gasteiger partial charge in [0.05, 0.1) is 18.8 Å². The summed E-state index contributed by atoms with van der Waals surface area (Å²) in [4.78, 5) is 8.36. The molecule has 0 radical (unpaired) electrons. The number of aryl methyl sites for hydroxylation is 1. The predicted molar refractivity (Wildman–Crippen MR) is 80.0 cm³/mol. The van der Waals surface area contributed by atoms with E-state index in [2.05, 4.69) is 48.2 Å². The van der Waals surface area contributed by atoms with Crippen molar-refractivity contribution in [3.8, 4) is 5.75 Å². The van der Waals surface area contributed by atoms with Gasteiger partial charge in [0, 0.05) is 11.8 Å². The first kappa shape index (κ1) is 14.5. The minimum Gasteiger partial charge on any atom is -0.496 e. The molecule has 1 unspecified atom stereocenters. The number of hydrogen-bond donors (Lipinski definition) is 1. The molecule has 1 heterocycles. The van der Waals surface area contributed by atoms with Crippen LogP contribution in [0.3, 0.4) is 0 Å². The highest BCUT2D eigenvalue weighted by Crippen LogP contribution is 2.33. The van der Waals surface area contributed by atoms with E-state index in [4.69, 9.17) is 4.74 Å². The highest BCUT2D eigenvalue weighted by atomic mass is 16.5. The average Bonchev–Trinajstić information content (AvgIpc) is 2.48. The number of nitrogens with zero attached hydrogens (tertiary/aromatic N) is 2. The molecular weight excluding hydrogens is 250 g/mol. The van der Waals surface area contributed by atoms with Crippen molar-refractivity contribution in [3.63, 3.8) is 0 Å². The third-order valence-electron chi connectivity index (χ3n) is 3.53. The molecule has 0 saturated carbocycles. The summed E-state index contributed by atoms with van der Waals surface area (Å²) >= 11 is 0. The van der Waals surface area contributed by atoms with E-state index in [0.717, 1.165) is 23.6 Å². The predicted octanol–water partition coefficient (Wildman–Crippen LogP) is 2.80. The fourth-order valence-corrected chi connectivity index (χ4v) is 2.36. The van der Waals surface area contributed by atoms with Crippen LogP contribution in [0.1, 0.15) is 35.3 Å². The van der Waals surface area contributed by atoms with Gasteiger partial charge in [-0.1, -0.05) is 19.1 Å². The first-order valence-electron chi connectivity index (χ1n) is 6.82. The van der Waals surface area contributed by atoms with E-state index in [1.54, 1.807) is 19.6 Å². The first-order chi connectivity index (χ1) is 9.69. The lowest BCUT2D eigenvalue weighted by atomic mass is 9.97. The first-order valence-corrected chi connectivity index (χ1v) is 6.82. The molecule has 0 bridgehead atoms. The summed E-state index contributed by atoms with van der Waals surface area (Å²) in [5.41, 5.74) is 4.45. The van der Waals surface area contributed by atoms with Crippen LogP contribution in [0, 0.1) is 13.8 Å². The molecule has 106 valence electrons. The van der Waals surface area contributed by atoms with Crippen molar-refractivity contribution in [2.75, 3.05) is 13.7 Å². The summed E-state index contributed by atoms with van der Waals surface area (Å²) in [7, 11) is 1.72. The normalized spacial score (nSPS) is 12.2. The van der Waals surface area contributed by atoms with Crippen LogP contribution in [-0.4, -0.2) is 23.6 Å². The minimum absolute atomic E-state index is 0.0113. The van der Waals surface area contributed by atoms with Crippen LogP contribution < -0.4 is 10.1 Å². The second-order valence-corrected chi connectivity index (χ2v) is 4.75. The molecule has 2 aromatic rings. The monoisotopic (exact) mass is 271 g/mol. The van der Waals surface area contributed by atoms with Gasteiger partial charge in [-0.25, -0.2) is 9.97 Å². The Morgan fingerprint density at radius 1 is 1.25 bits per heavy atom. The summed E-state index contributed by atoms with van der Waals surface area (Å²) in [6, 6.07) is 6.18. The Labute approximate surface area is 120 Å². The Kier molecular flexibility index (Phi) is 4.69. The van der Waals surface area contributed by atoms with E-state index in [1.807, 2.05) is 6.07 Å². The molecule has 0 aliphatic heterocycles. The lowest BCUT2D eigenvalue weighted by molar-refractivity contribution is 0.400. The fourth-order valence-electron chi connectivity index (χ4n) is 2.36. The summed E-state index contributed by atoms with van der Waals surface area (Å²) in [6.45, 7) is 7.11. The molecule has 4 nitrogen and oxygen atoms in total. The van der Waals surface area contributed by atoms with E-state index in [-0.39, 0.29) is 6.04 Å². The van der Waals surface area contributed by atoms with Crippen LogP contribution in [0.5, 0.6) is 5.75 Å². The van der Waals surface area contributed by atoms with Crippen molar-refractivity contribution in [3.05, 3.63) is 53.1 Å². The minimum atomic E-state index is 0.0113. The second-order valence-electron chi connectivity index (χ2n) is 4.75. The van der Waals surface area contributed by atoms with Crippen molar-refractivity contribution in [2.45, 2.75) is 26.8 Å². The van der Waals surface area contributed by atoms with Gasteiger partial charge >= 0.3 is 0 Å². The lowest BCUT2D eigenvalue weighted by Gasteiger charge is -2.22. The van der Waals surface area contributed by atoms with E-state index >= 15 is 0 Å². The summed E-state index contributed by atoms with van der Waals surface area (Å²) < 4.78 is 5.62. The van der Waals surface area contributed by atoms with Crippen molar-refractivity contribution in [1.29, 1.82) is 0 Å². The zero-order valence-corrected chi connectivity index (χ0v) is 12.5. The molecule has 0 saturated heterocycles. The van der Waals surface area contributed by atoms with Gasteiger partial charge in [0.2, 0.25) is 0 Å². The number of ether oxygens (including phenoxy) is 1. The maximum absolute atomic E-state index is 5.62. The van der Waals surface area contributed by atoms with E-state index in [9.17, 15) is 0 Å². The Morgan fingerprint density at radius 2 is 2.05 bits per heavy atom. The molecule has 0 aliphatic carbocycles. The molecule has 0 aliphatic rings. The van der Waals surface area contributed by atoms with Gasteiger partial charge in [0.15, 0.2) is 0 Å². The molecule has 0 amide bonds. The van der Waals surface area contributed by atoms with Crippen molar-refractivity contribution in [2.24, 2.45) is 0 Å². The van der Waals surface area contributed by atoms with Gasteiger partial charge in [-0.05, 0) is 37.6 Å². The Bertz CT molecular complexity index is 569. The van der Waals surface area contributed by atoms with E-state index in [0.29, 0.717) is 0 Å². The molecule has 20 heavy (non-hydrogen) atoms. The molecular formula is C16H21N3O.